The van der Waals surface area contributed by atoms with Gasteiger partial charge in [-0.05, 0) is 105 Å². The van der Waals surface area contributed by atoms with Crippen LogP contribution in [0.3, 0.4) is 0 Å². The van der Waals surface area contributed by atoms with Crippen molar-refractivity contribution in [3.05, 3.63) is 0 Å². The summed E-state index contributed by atoms with van der Waals surface area (Å²) < 4.78 is 0. The molecule has 1 spiro atoms. The zero-order valence-electron chi connectivity index (χ0n) is 14.8. The summed E-state index contributed by atoms with van der Waals surface area (Å²) in [7, 11) is 0. The highest BCUT2D eigenvalue weighted by molar-refractivity contribution is 5.10. The second kappa shape index (κ2) is 5.00. The smallest absolute Gasteiger partial charge is 0.0238 e. The zero-order valence-corrected chi connectivity index (χ0v) is 14.8. The third-order valence-electron chi connectivity index (χ3n) is 9.92. The van der Waals surface area contributed by atoms with Crippen LogP contribution in [0.15, 0.2) is 0 Å². The van der Waals surface area contributed by atoms with E-state index in [0.29, 0.717) is 0 Å². The first-order valence-electron chi connectivity index (χ1n) is 10.7. The third-order valence-corrected chi connectivity index (χ3v) is 9.92. The Morgan fingerprint density at radius 1 is 0.591 bits per heavy atom. The Labute approximate surface area is 137 Å². The average Bonchev–Trinajstić information content (AvgIpc) is 2.94. The van der Waals surface area contributed by atoms with E-state index in [9.17, 15) is 0 Å². The largest absolute Gasteiger partial charge is 0.0591 e. The Hall–Kier alpha value is 0. The molecule has 0 heteroatoms. The van der Waals surface area contributed by atoms with Crippen molar-refractivity contribution in [1.29, 1.82) is 0 Å². The highest BCUT2D eigenvalue weighted by atomic mass is 14.7. The van der Waals surface area contributed by atoms with Gasteiger partial charge in [0.1, 0.15) is 0 Å². The first kappa shape index (κ1) is 14.4. The molecule has 7 atom stereocenters. The molecule has 0 saturated heterocycles. The van der Waals surface area contributed by atoms with Crippen LogP contribution in [0.25, 0.3) is 0 Å². The van der Waals surface area contributed by atoms with Gasteiger partial charge >= 0.3 is 0 Å². The van der Waals surface area contributed by atoms with Gasteiger partial charge < -0.3 is 0 Å². The summed E-state index contributed by atoms with van der Waals surface area (Å²) in [6, 6.07) is 0. The van der Waals surface area contributed by atoms with Gasteiger partial charge in [0.15, 0.2) is 0 Å². The van der Waals surface area contributed by atoms with E-state index in [0.717, 1.165) is 40.4 Å². The standard InChI is InChI=1S/C22H36/c1-21-13-4-2-6-16(21)8-10-18-19(21)12-15-22-14-5-3-7-17(22)9-11-20(18)22/h16-20H,2-15H2,1H3/t16?,17-,18+,19-,20-,21-,22-/m0/s1. The minimum Gasteiger partial charge on any atom is -0.0591 e. The maximum Gasteiger partial charge on any atom is -0.0238 e. The number of fused-ring (bicyclic) bond motifs is 4. The van der Waals surface area contributed by atoms with Crippen LogP contribution < -0.4 is 0 Å². The molecule has 5 aliphatic rings. The van der Waals surface area contributed by atoms with Crippen LogP contribution in [0.5, 0.6) is 0 Å². The van der Waals surface area contributed by atoms with Crippen LogP contribution in [0.4, 0.5) is 0 Å². The molecule has 0 heterocycles. The first-order valence-corrected chi connectivity index (χ1v) is 10.7. The normalized spacial score (nSPS) is 57.4. The van der Waals surface area contributed by atoms with Crippen molar-refractivity contribution in [3.63, 3.8) is 0 Å². The quantitative estimate of drug-likeness (QED) is 0.473. The number of rotatable bonds is 0. The zero-order chi connectivity index (χ0) is 14.8. The van der Waals surface area contributed by atoms with Crippen LogP contribution in [0.1, 0.15) is 96.8 Å². The van der Waals surface area contributed by atoms with Crippen molar-refractivity contribution in [2.24, 2.45) is 40.4 Å². The topological polar surface area (TPSA) is 0 Å². The maximum atomic E-state index is 2.74. The van der Waals surface area contributed by atoms with Crippen LogP contribution >= 0.6 is 0 Å². The fraction of sp³-hybridized carbons (Fsp3) is 1.00. The van der Waals surface area contributed by atoms with E-state index >= 15 is 0 Å². The van der Waals surface area contributed by atoms with Crippen LogP contribution in [0.2, 0.25) is 0 Å². The van der Waals surface area contributed by atoms with Gasteiger partial charge in [-0.2, -0.15) is 0 Å². The Kier molecular flexibility index (Phi) is 3.26. The van der Waals surface area contributed by atoms with Crippen molar-refractivity contribution in [2.45, 2.75) is 96.8 Å². The molecule has 5 rings (SSSR count). The molecule has 5 saturated carbocycles. The third kappa shape index (κ3) is 1.76. The molecule has 0 aromatic carbocycles. The lowest BCUT2D eigenvalue weighted by Crippen LogP contribution is -2.53. The second-order valence-electron chi connectivity index (χ2n) is 10.2. The minimum absolute atomic E-state index is 0.746. The fourth-order valence-electron chi connectivity index (χ4n) is 9.01. The molecule has 5 fully saturated rings. The summed E-state index contributed by atoms with van der Waals surface area (Å²) in [5.74, 6) is 5.64. The Balaban J connectivity index is 1.47. The summed E-state index contributed by atoms with van der Waals surface area (Å²) in [5.41, 5.74) is 1.59. The lowest BCUT2D eigenvalue weighted by molar-refractivity contribution is -0.123. The molecule has 5 aliphatic carbocycles. The summed E-state index contributed by atoms with van der Waals surface area (Å²) in [6.07, 6.45) is 22.2. The van der Waals surface area contributed by atoms with Crippen LogP contribution in [-0.2, 0) is 0 Å². The Morgan fingerprint density at radius 3 is 2.27 bits per heavy atom. The van der Waals surface area contributed by atoms with E-state index in [-0.39, 0.29) is 0 Å². The van der Waals surface area contributed by atoms with Gasteiger partial charge in [-0.1, -0.05) is 32.6 Å². The van der Waals surface area contributed by atoms with Crippen LogP contribution in [0, 0.1) is 40.4 Å². The van der Waals surface area contributed by atoms with Crippen LogP contribution in [-0.4, -0.2) is 0 Å². The molecule has 0 aliphatic heterocycles. The molecule has 124 valence electrons. The molecule has 0 amide bonds. The lowest BCUT2D eigenvalue weighted by atomic mass is 9.43. The molecule has 0 N–H and O–H groups in total. The summed E-state index contributed by atoms with van der Waals surface area (Å²) in [4.78, 5) is 0. The van der Waals surface area contributed by atoms with E-state index in [1.165, 1.54) is 12.8 Å². The predicted molar refractivity (Wildman–Crippen MR) is 92.6 cm³/mol. The van der Waals surface area contributed by atoms with Gasteiger partial charge in [0.25, 0.3) is 0 Å². The molecular weight excluding hydrogens is 264 g/mol. The van der Waals surface area contributed by atoms with Gasteiger partial charge in [0.2, 0.25) is 0 Å². The summed E-state index contributed by atoms with van der Waals surface area (Å²) in [6.45, 7) is 2.74. The van der Waals surface area contributed by atoms with E-state index in [1.807, 2.05) is 0 Å². The van der Waals surface area contributed by atoms with Crippen molar-refractivity contribution in [3.8, 4) is 0 Å². The average molecular weight is 301 g/mol. The molecular formula is C22H36. The summed E-state index contributed by atoms with van der Waals surface area (Å²) >= 11 is 0. The Morgan fingerprint density at radius 2 is 1.36 bits per heavy atom. The first-order chi connectivity index (χ1) is 10.7. The lowest BCUT2D eigenvalue weighted by Gasteiger charge is -2.61. The van der Waals surface area contributed by atoms with E-state index in [2.05, 4.69) is 6.92 Å². The molecule has 0 aromatic rings. The SMILES string of the molecule is C[C@]12CCCCC1CC[C@H]1[C@@H]3CC[C@@H]4CCCC[C@]43CC[C@@H]12. The van der Waals surface area contributed by atoms with Gasteiger partial charge in [0.05, 0.1) is 0 Å². The van der Waals surface area contributed by atoms with Gasteiger partial charge in [-0.3, -0.25) is 0 Å². The van der Waals surface area contributed by atoms with Crippen molar-refractivity contribution < 1.29 is 0 Å². The molecule has 0 bridgehead atoms. The number of hydrogen-bond donors (Lipinski definition) is 0. The minimum atomic E-state index is 0.746. The van der Waals surface area contributed by atoms with E-state index in [1.54, 1.807) is 77.0 Å². The van der Waals surface area contributed by atoms with Crippen molar-refractivity contribution in [2.75, 3.05) is 0 Å². The summed E-state index contributed by atoms with van der Waals surface area (Å²) in [5, 5.41) is 0. The number of hydrogen-bond acceptors (Lipinski definition) is 0. The van der Waals surface area contributed by atoms with Gasteiger partial charge in [0, 0.05) is 0 Å². The van der Waals surface area contributed by atoms with Gasteiger partial charge in [-0.25, -0.2) is 0 Å². The molecule has 0 nitrogen and oxygen atoms in total. The van der Waals surface area contributed by atoms with E-state index in [4.69, 9.17) is 0 Å². The fourth-order valence-corrected chi connectivity index (χ4v) is 9.01. The molecule has 1 unspecified atom stereocenters. The van der Waals surface area contributed by atoms with Crippen molar-refractivity contribution >= 4 is 0 Å². The van der Waals surface area contributed by atoms with E-state index < -0.39 is 0 Å². The second-order valence-corrected chi connectivity index (χ2v) is 10.2. The molecule has 22 heavy (non-hydrogen) atoms. The maximum absolute atomic E-state index is 2.74. The highest BCUT2D eigenvalue weighted by Crippen LogP contribution is 2.70. The van der Waals surface area contributed by atoms with Crippen molar-refractivity contribution in [1.82, 2.24) is 0 Å². The highest BCUT2D eigenvalue weighted by Gasteiger charge is 2.61. The monoisotopic (exact) mass is 300 g/mol. The molecule has 0 aromatic heterocycles. The van der Waals surface area contributed by atoms with Gasteiger partial charge in [-0.15, -0.1) is 0 Å². The predicted octanol–water partition coefficient (Wildman–Crippen LogP) is 6.59. The molecule has 0 radical (unpaired) electrons. The Bertz CT molecular complexity index is 435.